The van der Waals surface area contributed by atoms with Crippen molar-refractivity contribution in [3.05, 3.63) is 59.7 Å². The average Bonchev–Trinajstić information content (AvgIpc) is 3.40. The van der Waals surface area contributed by atoms with Crippen LogP contribution in [-0.4, -0.2) is 66.4 Å². The molecule has 2 aromatic rings. The summed E-state index contributed by atoms with van der Waals surface area (Å²) in [5.74, 6) is -1.38. The van der Waals surface area contributed by atoms with Gasteiger partial charge >= 0.3 is 12.1 Å². The molecule has 8 nitrogen and oxygen atoms in total. The Morgan fingerprint density at radius 1 is 1.11 bits per heavy atom. The normalized spacial score (nSPS) is 25.6. The summed E-state index contributed by atoms with van der Waals surface area (Å²) in [5.41, 5.74) is 3.69. The van der Waals surface area contributed by atoms with Crippen LogP contribution in [0, 0.1) is 5.41 Å². The first-order valence-corrected chi connectivity index (χ1v) is 12.1. The Kier molecular flexibility index (Phi) is 6.23. The highest BCUT2D eigenvalue weighted by Gasteiger charge is 2.50. The number of rotatable bonds is 5. The van der Waals surface area contributed by atoms with Crippen LogP contribution in [0.5, 0.6) is 0 Å². The van der Waals surface area contributed by atoms with Crippen LogP contribution in [0.4, 0.5) is 4.79 Å². The zero-order valence-corrected chi connectivity index (χ0v) is 19.7. The Labute approximate surface area is 204 Å². The van der Waals surface area contributed by atoms with Crippen molar-refractivity contribution in [2.24, 2.45) is 5.41 Å². The SMILES string of the molecule is CC1(C(=O)N2CCOCC2C(=O)O)CCCC1NC(=O)OCC1c2ccccc2-c2ccccc21. The molecular formula is C27H30N2O6. The number of aliphatic carboxylic acids is 1. The number of benzene rings is 2. The van der Waals surface area contributed by atoms with Gasteiger partial charge in [-0.3, -0.25) is 4.79 Å². The number of alkyl carbamates (subject to hydrolysis) is 1. The first-order valence-electron chi connectivity index (χ1n) is 12.1. The molecule has 5 rings (SSSR count). The molecule has 1 saturated carbocycles. The molecule has 1 saturated heterocycles. The zero-order valence-electron chi connectivity index (χ0n) is 19.7. The van der Waals surface area contributed by atoms with Gasteiger partial charge in [0.05, 0.1) is 18.6 Å². The molecule has 184 valence electrons. The maximum Gasteiger partial charge on any atom is 0.407 e. The van der Waals surface area contributed by atoms with Crippen molar-refractivity contribution < 1.29 is 29.0 Å². The van der Waals surface area contributed by atoms with Gasteiger partial charge < -0.3 is 24.8 Å². The lowest BCUT2D eigenvalue weighted by Gasteiger charge is -2.40. The van der Waals surface area contributed by atoms with E-state index >= 15 is 0 Å². The number of nitrogens with one attached hydrogen (secondary N) is 1. The van der Waals surface area contributed by atoms with E-state index in [2.05, 4.69) is 29.6 Å². The molecule has 0 spiro atoms. The van der Waals surface area contributed by atoms with Crippen molar-refractivity contribution in [2.75, 3.05) is 26.4 Å². The summed E-state index contributed by atoms with van der Waals surface area (Å²) in [4.78, 5) is 39.4. The van der Waals surface area contributed by atoms with Crippen molar-refractivity contribution in [1.29, 1.82) is 0 Å². The summed E-state index contributed by atoms with van der Waals surface area (Å²) < 4.78 is 11.0. The fourth-order valence-electron chi connectivity index (χ4n) is 5.82. The van der Waals surface area contributed by atoms with E-state index in [-0.39, 0.29) is 31.6 Å². The molecule has 0 aromatic heterocycles. The van der Waals surface area contributed by atoms with Crippen molar-refractivity contribution in [3.63, 3.8) is 0 Å². The van der Waals surface area contributed by atoms with E-state index in [9.17, 15) is 19.5 Å². The van der Waals surface area contributed by atoms with E-state index in [4.69, 9.17) is 9.47 Å². The van der Waals surface area contributed by atoms with E-state index in [0.29, 0.717) is 19.4 Å². The molecular weight excluding hydrogens is 448 g/mol. The highest BCUT2D eigenvalue weighted by Crippen LogP contribution is 2.45. The standard InChI is InChI=1S/C27H30N2O6/c1-27(25(32)29-13-14-34-16-22(29)24(30)31)12-6-11-23(27)28-26(33)35-15-21-19-9-4-2-7-17(19)18-8-3-5-10-20(18)21/h2-5,7-10,21-23H,6,11-16H2,1H3,(H,28,33)(H,30,31). The summed E-state index contributed by atoms with van der Waals surface area (Å²) in [6.45, 7) is 2.51. The summed E-state index contributed by atoms with van der Waals surface area (Å²) in [6, 6.07) is 14.9. The Morgan fingerprint density at radius 2 is 1.77 bits per heavy atom. The summed E-state index contributed by atoms with van der Waals surface area (Å²) in [7, 11) is 0. The maximum absolute atomic E-state index is 13.5. The molecule has 2 amide bonds. The summed E-state index contributed by atoms with van der Waals surface area (Å²) >= 11 is 0. The third-order valence-corrected chi connectivity index (χ3v) is 7.76. The van der Waals surface area contributed by atoms with E-state index in [1.165, 1.54) is 4.90 Å². The van der Waals surface area contributed by atoms with Gasteiger partial charge in [0, 0.05) is 18.5 Å². The maximum atomic E-state index is 13.5. The topological polar surface area (TPSA) is 105 Å². The second kappa shape index (κ2) is 9.34. The molecule has 3 aliphatic rings. The van der Waals surface area contributed by atoms with E-state index < -0.39 is 29.6 Å². The third kappa shape index (κ3) is 4.16. The van der Waals surface area contributed by atoms with E-state index in [1.54, 1.807) is 0 Å². The predicted octanol–water partition coefficient (Wildman–Crippen LogP) is 3.40. The molecule has 2 aromatic carbocycles. The molecule has 35 heavy (non-hydrogen) atoms. The van der Waals surface area contributed by atoms with Crippen LogP contribution < -0.4 is 5.32 Å². The van der Waals surface area contributed by atoms with Gasteiger partial charge in [0.2, 0.25) is 5.91 Å². The fraction of sp³-hybridized carbons (Fsp3) is 0.444. The largest absolute Gasteiger partial charge is 0.480 e. The lowest BCUT2D eigenvalue weighted by Crippen LogP contribution is -2.59. The second-order valence-electron chi connectivity index (χ2n) is 9.76. The first-order chi connectivity index (χ1) is 16.9. The molecule has 0 radical (unpaired) electrons. The molecule has 1 aliphatic heterocycles. The van der Waals surface area contributed by atoms with Crippen molar-refractivity contribution >= 4 is 18.0 Å². The van der Waals surface area contributed by atoms with Crippen LogP contribution >= 0.6 is 0 Å². The number of carboxylic acids is 1. The van der Waals surface area contributed by atoms with Gasteiger partial charge in [-0.25, -0.2) is 9.59 Å². The molecule has 2 fully saturated rings. The summed E-state index contributed by atoms with van der Waals surface area (Å²) in [5, 5.41) is 12.5. The highest BCUT2D eigenvalue weighted by molar-refractivity contribution is 5.89. The molecule has 0 bridgehead atoms. The Bertz CT molecular complexity index is 1100. The van der Waals surface area contributed by atoms with Gasteiger partial charge in [0.25, 0.3) is 0 Å². The molecule has 3 unspecified atom stereocenters. The van der Waals surface area contributed by atoms with Crippen LogP contribution in [0.25, 0.3) is 11.1 Å². The fourth-order valence-corrected chi connectivity index (χ4v) is 5.82. The number of nitrogens with zero attached hydrogens (tertiary/aromatic N) is 1. The minimum atomic E-state index is -1.08. The lowest BCUT2D eigenvalue weighted by atomic mass is 9.82. The highest BCUT2D eigenvalue weighted by atomic mass is 16.5. The number of carbonyl (C=O) groups is 3. The van der Waals surface area contributed by atoms with Crippen molar-refractivity contribution in [2.45, 2.75) is 44.2 Å². The predicted molar refractivity (Wildman–Crippen MR) is 128 cm³/mol. The monoisotopic (exact) mass is 478 g/mol. The minimum absolute atomic E-state index is 0.0262. The Hall–Kier alpha value is -3.39. The number of carbonyl (C=O) groups excluding carboxylic acids is 2. The number of fused-ring (bicyclic) bond motifs is 3. The summed E-state index contributed by atoms with van der Waals surface area (Å²) in [6.07, 6.45) is 1.41. The van der Waals surface area contributed by atoms with E-state index in [1.807, 2.05) is 31.2 Å². The molecule has 2 aliphatic carbocycles. The molecule has 3 atom stereocenters. The lowest BCUT2D eigenvalue weighted by molar-refractivity contribution is -0.163. The van der Waals surface area contributed by atoms with E-state index in [0.717, 1.165) is 28.7 Å². The van der Waals surface area contributed by atoms with Gasteiger partial charge in [-0.05, 0) is 42.0 Å². The minimum Gasteiger partial charge on any atom is -0.480 e. The average molecular weight is 479 g/mol. The van der Waals surface area contributed by atoms with Gasteiger partial charge in [0.1, 0.15) is 6.61 Å². The number of carboxylic acid groups (broad SMARTS) is 1. The zero-order chi connectivity index (χ0) is 24.6. The molecule has 1 heterocycles. The quantitative estimate of drug-likeness (QED) is 0.683. The van der Waals surface area contributed by atoms with Crippen LogP contribution in [0.15, 0.2) is 48.5 Å². The van der Waals surface area contributed by atoms with Crippen LogP contribution in [0.1, 0.15) is 43.2 Å². The van der Waals surface area contributed by atoms with Crippen LogP contribution in [0.3, 0.4) is 0 Å². The Morgan fingerprint density at radius 3 is 2.43 bits per heavy atom. The van der Waals surface area contributed by atoms with Crippen molar-refractivity contribution in [3.8, 4) is 11.1 Å². The first kappa shape index (κ1) is 23.4. The Balaban J connectivity index is 1.26. The number of hydrogen-bond acceptors (Lipinski definition) is 5. The smallest absolute Gasteiger partial charge is 0.407 e. The van der Waals surface area contributed by atoms with Crippen LogP contribution in [0.2, 0.25) is 0 Å². The van der Waals surface area contributed by atoms with Crippen molar-refractivity contribution in [1.82, 2.24) is 10.2 Å². The van der Waals surface area contributed by atoms with Gasteiger partial charge in [-0.15, -0.1) is 0 Å². The van der Waals surface area contributed by atoms with Gasteiger partial charge in [-0.1, -0.05) is 55.0 Å². The molecule has 2 N–H and O–H groups in total. The van der Waals surface area contributed by atoms with Gasteiger partial charge in [-0.2, -0.15) is 0 Å². The number of hydrogen-bond donors (Lipinski definition) is 2. The number of ether oxygens (including phenoxy) is 2. The van der Waals surface area contributed by atoms with Crippen LogP contribution in [-0.2, 0) is 19.1 Å². The molecule has 8 heteroatoms. The number of amides is 2. The second-order valence-corrected chi connectivity index (χ2v) is 9.76. The van der Waals surface area contributed by atoms with Gasteiger partial charge in [0.15, 0.2) is 6.04 Å². The number of morpholine rings is 1. The third-order valence-electron chi connectivity index (χ3n) is 7.76.